The third-order valence-electron chi connectivity index (χ3n) is 6.34. The van der Waals surface area contributed by atoms with Crippen molar-refractivity contribution in [1.29, 1.82) is 0 Å². The van der Waals surface area contributed by atoms with Crippen molar-refractivity contribution in [3.05, 3.63) is 93.5 Å². The molecule has 0 aliphatic rings. The van der Waals surface area contributed by atoms with Gasteiger partial charge < -0.3 is 10.2 Å². The Morgan fingerprint density at radius 3 is 2.15 bits per heavy atom. The molecule has 0 saturated heterocycles. The highest BCUT2D eigenvalue weighted by atomic mass is 35.5. The topological polar surface area (TPSA) is 86.8 Å². The molecule has 1 N–H and O–H groups in total. The van der Waals surface area contributed by atoms with Gasteiger partial charge in [0.25, 0.3) is 10.0 Å². The van der Waals surface area contributed by atoms with E-state index in [2.05, 4.69) is 5.32 Å². The molecule has 3 aromatic rings. The van der Waals surface area contributed by atoms with Crippen LogP contribution in [0.4, 0.5) is 5.69 Å². The van der Waals surface area contributed by atoms with Gasteiger partial charge in [0.05, 0.1) is 10.6 Å². The molecular formula is C29H33Cl2N3O4S. The maximum atomic E-state index is 13.9. The minimum Gasteiger partial charge on any atom is -0.352 e. The molecule has 0 radical (unpaired) electrons. The largest absolute Gasteiger partial charge is 0.352 e. The molecule has 0 fully saturated rings. The van der Waals surface area contributed by atoms with Crippen molar-refractivity contribution in [2.75, 3.05) is 10.8 Å². The number of halogens is 2. The summed E-state index contributed by atoms with van der Waals surface area (Å²) in [7, 11) is -4.12. The van der Waals surface area contributed by atoms with Crippen LogP contribution >= 0.6 is 23.2 Å². The molecule has 0 saturated carbocycles. The summed E-state index contributed by atoms with van der Waals surface area (Å²) in [5, 5.41) is 3.59. The Balaban J connectivity index is 2.07. The SMILES string of the molecule is Cc1ccc(N(CC(=O)N(Cc2ccc(Cl)cc2Cl)C(C)C(=O)NC(C)C)S(=O)(=O)c2ccccc2)cc1C. The fourth-order valence-corrected chi connectivity index (χ4v) is 5.85. The predicted octanol–water partition coefficient (Wildman–Crippen LogP) is 5.75. The van der Waals surface area contributed by atoms with Crippen molar-refractivity contribution in [2.45, 2.75) is 58.1 Å². The van der Waals surface area contributed by atoms with Crippen molar-refractivity contribution < 1.29 is 18.0 Å². The number of nitrogens with one attached hydrogen (secondary N) is 1. The lowest BCUT2D eigenvalue weighted by molar-refractivity contribution is -0.139. The third-order valence-corrected chi connectivity index (χ3v) is 8.72. The highest BCUT2D eigenvalue weighted by molar-refractivity contribution is 7.92. The summed E-state index contributed by atoms with van der Waals surface area (Å²) in [6.07, 6.45) is 0. The number of nitrogens with zero attached hydrogens (tertiary/aromatic N) is 2. The summed E-state index contributed by atoms with van der Waals surface area (Å²) in [6.45, 7) is 8.50. The Morgan fingerprint density at radius 2 is 1.56 bits per heavy atom. The van der Waals surface area contributed by atoms with E-state index in [-0.39, 0.29) is 23.4 Å². The standard InChI is InChI=1S/C29H33Cl2N3O4S/c1-19(2)32-29(36)22(5)33(17-23-12-13-24(30)16-27(23)31)28(35)18-34(25-14-11-20(3)21(4)15-25)39(37,38)26-9-7-6-8-10-26/h6-16,19,22H,17-18H2,1-5H3,(H,32,36). The number of hydrogen-bond donors (Lipinski definition) is 1. The zero-order valence-corrected chi connectivity index (χ0v) is 24.9. The van der Waals surface area contributed by atoms with Gasteiger partial charge in [0.1, 0.15) is 12.6 Å². The molecule has 7 nitrogen and oxygen atoms in total. The lowest BCUT2D eigenvalue weighted by atomic mass is 10.1. The molecule has 3 rings (SSSR count). The highest BCUT2D eigenvalue weighted by Crippen LogP contribution is 2.27. The number of benzene rings is 3. The van der Waals surface area contributed by atoms with E-state index in [9.17, 15) is 18.0 Å². The van der Waals surface area contributed by atoms with Crippen molar-refractivity contribution in [1.82, 2.24) is 10.2 Å². The first kappa shape index (κ1) is 30.5. The van der Waals surface area contributed by atoms with Crippen LogP contribution in [-0.4, -0.2) is 43.8 Å². The van der Waals surface area contributed by atoms with Crippen LogP contribution in [0.2, 0.25) is 10.0 Å². The smallest absolute Gasteiger partial charge is 0.264 e. The average molecular weight is 591 g/mol. The molecule has 0 heterocycles. The quantitative estimate of drug-likeness (QED) is 0.326. The molecule has 1 atom stereocenters. The lowest BCUT2D eigenvalue weighted by Crippen LogP contribution is -2.52. The van der Waals surface area contributed by atoms with Crippen LogP contribution in [0.1, 0.15) is 37.5 Å². The Kier molecular flexibility index (Phi) is 10.0. The van der Waals surface area contributed by atoms with Gasteiger partial charge in [0.15, 0.2) is 0 Å². The first-order chi connectivity index (χ1) is 18.3. The van der Waals surface area contributed by atoms with Crippen molar-refractivity contribution in [2.24, 2.45) is 0 Å². The Labute approximate surface area is 240 Å². The first-order valence-electron chi connectivity index (χ1n) is 12.5. The molecule has 1 unspecified atom stereocenters. The fourth-order valence-electron chi connectivity index (χ4n) is 3.95. The second-order valence-corrected chi connectivity index (χ2v) is 12.4. The summed E-state index contributed by atoms with van der Waals surface area (Å²) < 4.78 is 28.7. The minimum absolute atomic E-state index is 0.0202. The van der Waals surface area contributed by atoms with Crippen LogP contribution in [0, 0.1) is 13.8 Å². The molecular weight excluding hydrogens is 557 g/mol. The van der Waals surface area contributed by atoms with E-state index in [1.165, 1.54) is 17.0 Å². The monoisotopic (exact) mass is 589 g/mol. The van der Waals surface area contributed by atoms with Gasteiger partial charge in [-0.15, -0.1) is 0 Å². The molecule has 0 spiro atoms. The first-order valence-corrected chi connectivity index (χ1v) is 14.7. The van der Waals surface area contributed by atoms with Gasteiger partial charge in [0, 0.05) is 22.6 Å². The van der Waals surface area contributed by atoms with Crippen LogP contribution in [-0.2, 0) is 26.2 Å². The number of rotatable bonds is 10. The van der Waals surface area contributed by atoms with Crippen LogP contribution in [0.5, 0.6) is 0 Å². The van der Waals surface area contributed by atoms with Gasteiger partial charge in [-0.05, 0) is 87.7 Å². The van der Waals surface area contributed by atoms with Crippen LogP contribution in [0.15, 0.2) is 71.6 Å². The van der Waals surface area contributed by atoms with Crippen LogP contribution < -0.4 is 9.62 Å². The number of aryl methyl sites for hydroxylation is 2. The Bertz CT molecular complexity index is 1450. The summed E-state index contributed by atoms with van der Waals surface area (Å²) in [5.41, 5.74) is 2.78. The molecule has 39 heavy (non-hydrogen) atoms. The average Bonchev–Trinajstić information content (AvgIpc) is 2.88. The third kappa shape index (κ3) is 7.53. The molecule has 208 valence electrons. The molecule has 2 amide bonds. The normalized spacial score (nSPS) is 12.2. The van der Waals surface area contributed by atoms with Crippen molar-refractivity contribution >= 4 is 50.7 Å². The maximum Gasteiger partial charge on any atom is 0.264 e. The molecule has 0 aliphatic carbocycles. The number of anilines is 1. The molecule has 0 aromatic heterocycles. The van der Waals surface area contributed by atoms with E-state index in [4.69, 9.17) is 23.2 Å². The van der Waals surface area contributed by atoms with E-state index in [0.29, 0.717) is 21.3 Å². The zero-order valence-electron chi connectivity index (χ0n) is 22.6. The van der Waals surface area contributed by atoms with Gasteiger partial charge in [-0.25, -0.2) is 8.42 Å². The second-order valence-electron chi connectivity index (χ2n) is 9.69. The maximum absolute atomic E-state index is 13.9. The Morgan fingerprint density at radius 1 is 0.897 bits per heavy atom. The van der Waals surface area contributed by atoms with Crippen LogP contribution in [0.3, 0.4) is 0 Å². The Hall–Kier alpha value is -3.07. The molecule has 10 heteroatoms. The van der Waals surface area contributed by atoms with Crippen molar-refractivity contribution in [3.63, 3.8) is 0 Å². The van der Waals surface area contributed by atoms with Gasteiger partial charge in [-0.3, -0.25) is 13.9 Å². The summed E-state index contributed by atoms with van der Waals surface area (Å²) >= 11 is 12.5. The summed E-state index contributed by atoms with van der Waals surface area (Å²) in [6, 6.07) is 17.0. The second kappa shape index (κ2) is 12.9. The fraction of sp³-hybridized carbons (Fsp3) is 0.310. The highest BCUT2D eigenvalue weighted by Gasteiger charge is 2.33. The van der Waals surface area contributed by atoms with E-state index in [1.54, 1.807) is 55.5 Å². The van der Waals surface area contributed by atoms with Crippen LogP contribution in [0.25, 0.3) is 0 Å². The van der Waals surface area contributed by atoms with Gasteiger partial charge in [-0.1, -0.05) is 53.5 Å². The van der Waals surface area contributed by atoms with E-state index < -0.39 is 28.5 Å². The van der Waals surface area contributed by atoms with E-state index in [0.717, 1.165) is 15.4 Å². The molecule has 0 bridgehead atoms. The van der Waals surface area contributed by atoms with E-state index in [1.807, 2.05) is 33.8 Å². The summed E-state index contributed by atoms with van der Waals surface area (Å²) in [5.74, 6) is -0.933. The number of carbonyl (C=O) groups is 2. The van der Waals surface area contributed by atoms with Gasteiger partial charge in [0.2, 0.25) is 11.8 Å². The number of hydrogen-bond acceptors (Lipinski definition) is 4. The predicted molar refractivity (Wildman–Crippen MR) is 157 cm³/mol. The number of amides is 2. The molecule has 0 aliphatic heterocycles. The minimum atomic E-state index is -4.12. The lowest BCUT2D eigenvalue weighted by Gasteiger charge is -2.32. The number of sulfonamides is 1. The number of carbonyl (C=O) groups excluding carboxylic acids is 2. The van der Waals surface area contributed by atoms with Gasteiger partial charge >= 0.3 is 0 Å². The van der Waals surface area contributed by atoms with E-state index >= 15 is 0 Å². The van der Waals surface area contributed by atoms with Gasteiger partial charge in [-0.2, -0.15) is 0 Å². The summed E-state index contributed by atoms with van der Waals surface area (Å²) in [4.78, 5) is 28.3. The zero-order chi connectivity index (χ0) is 28.9. The van der Waals surface area contributed by atoms with Crippen molar-refractivity contribution in [3.8, 4) is 0 Å². The molecule has 3 aromatic carbocycles.